The van der Waals surface area contributed by atoms with E-state index in [0.29, 0.717) is 25.8 Å². The van der Waals surface area contributed by atoms with Gasteiger partial charge in [0, 0.05) is 18.1 Å². The van der Waals surface area contributed by atoms with E-state index in [1.165, 1.54) is 4.90 Å². The van der Waals surface area contributed by atoms with Crippen LogP contribution in [-0.2, 0) is 16.0 Å². The zero-order valence-electron chi connectivity index (χ0n) is 15.6. The molecule has 0 spiro atoms. The van der Waals surface area contributed by atoms with Crippen molar-refractivity contribution in [3.8, 4) is 0 Å². The van der Waals surface area contributed by atoms with Crippen LogP contribution in [-0.4, -0.2) is 41.3 Å². The maximum atomic E-state index is 11.9. The highest BCUT2D eigenvalue weighted by Crippen LogP contribution is 2.23. The predicted molar refractivity (Wildman–Crippen MR) is 102 cm³/mol. The molecule has 0 fully saturated rings. The lowest BCUT2D eigenvalue weighted by atomic mass is 9.94. The molecule has 0 saturated heterocycles. The molecule has 1 aromatic rings. The second-order valence-electron chi connectivity index (χ2n) is 7.38. The minimum Gasteiger partial charge on any atom is -0.481 e. The Bertz CT molecular complexity index is 610. The summed E-state index contributed by atoms with van der Waals surface area (Å²) in [7, 11) is 1.67. The Morgan fingerprint density at radius 2 is 1.96 bits per heavy atom. The number of aliphatic carboxylic acids is 1. The van der Waals surface area contributed by atoms with Crippen molar-refractivity contribution in [3.63, 3.8) is 0 Å². The largest absolute Gasteiger partial charge is 0.481 e. The van der Waals surface area contributed by atoms with Crippen molar-refractivity contribution < 1.29 is 19.4 Å². The fourth-order valence-corrected chi connectivity index (χ4v) is 3.06. The van der Waals surface area contributed by atoms with Gasteiger partial charge in [-0.15, -0.1) is 0 Å². The first-order valence-electron chi connectivity index (χ1n) is 8.41. The van der Waals surface area contributed by atoms with Gasteiger partial charge in [0.1, 0.15) is 5.60 Å². The van der Waals surface area contributed by atoms with Crippen molar-refractivity contribution in [1.82, 2.24) is 4.90 Å². The van der Waals surface area contributed by atoms with E-state index in [4.69, 9.17) is 4.74 Å². The number of carbonyl (C=O) groups is 2. The third kappa shape index (κ3) is 7.90. The van der Waals surface area contributed by atoms with Gasteiger partial charge >= 0.3 is 12.1 Å². The van der Waals surface area contributed by atoms with Gasteiger partial charge in [0.05, 0.1) is 5.92 Å². The van der Waals surface area contributed by atoms with E-state index in [1.807, 2.05) is 45.9 Å². The van der Waals surface area contributed by atoms with Crippen LogP contribution in [0, 0.1) is 12.8 Å². The van der Waals surface area contributed by atoms with E-state index in [0.717, 1.165) is 15.6 Å². The van der Waals surface area contributed by atoms with Crippen LogP contribution in [0.2, 0.25) is 0 Å². The fourth-order valence-electron chi connectivity index (χ4n) is 2.40. The quantitative estimate of drug-likeness (QED) is 0.706. The summed E-state index contributed by atoms with van der Waals surface area (Å²) in [5.41, 5.74) is 1.58. The average Bonchev–Trinajstić information content (AvgIpc) is 2.46. The van der Waals surface area contributed by atoms with E-state index in [1.54, 1.807) is 7.05 Å². The maximum Gasteiger partial charge on any atom is 0.410 e. The minimum atomic E-state index is -0.813. The number of aryl methyl sites for hydroxylation is 1. The molecule has 1 rings (SSSR count). The number of carboxylic acid groups (broad SMARTS) is 1. The molecule has 6 heteroatoms. The average molecular weight is 414 g/mol. The molecule has 0 bridgehead atoms. The van der Waals surface area contributed by atoms with E-state index in [9.17, 15) is 14.7 Å². The number of carbonyl (C=O) groups excluding carboxylic acids is 1. The van der Waals surface area contributed by atoms with Gasteiger partial charge < -0.3 is 14.7 Å². The van der Waals surface area contributed by atoms with Crippen LogP contribution < -0.4 is 0 Å². The summed E-state index contributed by atoms with van der Waals surface area (Å²) in [6, 6.07) is 5.93. The zero-order valence-corrected chi connectivity index (χ0v) is 17.2. The number of nitrogens with zero attached hydrogens (tertiary/aromatic N) is 1. The maximum absolute atomic E-state index is 11.9. The molecule has 0 aliphatic heterocycles. The highest BCUT2D eigenvalue weighted by atomic mass is 79.9. The van der Waals surface area contributed by atoms with Crippen LogP contribution >= 0.6 is 15.9 Å². The third-order valence-electron chi connectivity index (χ3n) is 3.78. The molecular weight excluding hydrogens is 386 g/mol. The number of rotatable bonds is 7. The first-order chi connectivity index (χ1) is 11.5. The van der Waals surface area contributed by atoms with Crippen LogP contribution in [0.5, 0.6) is 0 Å². The Labute approximate surface area is 158 Å². The molecule has 1 atom stereocenters. The van der Waals surface area contributed by atoms with E-state index in [-0.39, 0.29) is 6.09 Å². The SMILES string of the molecule is Cc1ccc(CC(CCCN(C)C(=O)OC(C)(C)C)C(=O)O)c(Br)c1. The Balaban J connectivity index is 2.56. The molecule has 0 saturated carbocycles. The Hall–Kier alpha value is -1.56. The second-order valence-corrected chi connectivity index (χ2v) is 8.23. The topological polar surface area (TPSA) is 66.8 Å². The minimum absolute atomic E-state index is 0.388. The van der Waals surface area contributed by atoms with Gasteiger partial charge in [0.2, 0.25) is 0 Å². The van der Waals surface area contributed by atoms with Crippen molar-refractivity contribution >= 4 is 28.0 Å². The summed E-state index contributed by atoms with van der Waals surface area (Å²) in [5, 5.41) is 9.49. The second kappa shape index (κ2) is 9.22. The number of halogens is 1. The molecule has 0 radical (unpaired) electrons. The molecule has 0 heterocycles. The van der Waals surface area contributed by atoms with Crippen LogP contribution in [0.15, 0.2) is 22.7 Å². The Morgan fingerprint density at radius 3 is 2.48 bits per heavy atom. The molecule has 1 unspecified atom stereocenters. The van der Waals surface area contributed by atoms with E-state index in [2.05, 4.69) is 15.9 Å². The highest BCUT2D eigenvalue weighted by molar-refractivity contribution is 9.10. The first kappa shape index (κ1) is 21.5. The van der Waals surface area contributed by atoms with E-state index < -0.39 is 17.5 Å². The van der Waals surface area contributed by atoms with Crippen molar-refractivity contribution in [2.24, 2.45) is 5.92 Å². The van der Waals surface area contributed by atoms with Crippen molar-refractivity contribution in [3.05, 3.63) is 33.8 Å². The van der Waals surface area contributed by atoms with Gasteiger partial charge in [-0.2, -0.15) is 0 Å². The number of ether oxygens (including phenoxy) is 1. The normalized spacial score (nSPS) is 12.6. The van der Waals surface area contributed by atoms with Crippen molar-refractivity contribution in [2.75, 3.05) is 13.6 Å². The summed E-state index contributed by atoms with van der Waals surface area (Å²) in [5.74, 6) is -1.29. The number of hydrogen-bond acceptors (Lipinski definition) is 3. The molecule has 0 aromatic heterocycles. The van der Waals surface area contributed by atoms with Gasteiger partial charge in [-0.1, -0.05) is 28.1 Å². The molecule has 0 aliphatic rings. The van der Waals surface area contributed by atoms with Crippen LogP contribution in [0.3, 0.4) is 0 Å². The van der Waals surface area contributed by atoms with Gasteiger partial charge in [-0.3, -0.25) is 4.79 Å². The molecule has 1 N–H and O–H groups in total. The summed E-state index contributed by atoms with van der Waals surface area (Å²) in [4.78, 5) is 25.0. The molecular formula is C19H28BrNO4. The lowest BCUT2D eigenvalue weighted by molar-refractivity contribution is -0.142. The Kier molecular flexibility index (Phi) is 7.93. The molecule has 0 aliphatic carbocycles. The van der Waals surface area contributed by atoms with Crippen LogP contribution in [0.4, 0.5) is 4.79 Å². The van der Waals surface area contributed by atoms with E-state index >= 15 is 0 Å². The van der Waals surface area contributed by atoms with Gasteiger partial charge in [0.25, 0.3) is 0 Å². The highest BCUT2D eigenvalue weighted by Gasteiger charge is 2.22. The summed E-state index contributed by atoms with van der Waals surface area (Å²) < 4.78 is 6.23. The van der Waals surface area contributed by atoms with Crippen molar-refractivity contribution in [1.29, 1.82) is 0 Å². The lowest BCUT2D eigenvalue weighted by Crippen LogP contribution is -2.35. The summed E-state index contributed by atoms with van der Waals surface area (Å²) in [6.45, 7) is 7.92. The molecule has 1 aromatic carbocycles. The number of benzene rings is 1. The number of carboxylic acids is 1. The number of hydrogen-bond donors (Lipinski definition) is 1. The smallest absolute Gasteiger partial charge is 0.410 e. The van der Waals surface area contributed by atoms with Crippen LogP contribution in [0.1, 0.15) is 44.7 Å². The van der Waals surface area contributed by atoms with Gasteiger partial charge in [-0.25, -0.2) is 4.79 Å². The van der Waals surface area contributed by atoms with Gasteiger partial charge in [0.15, 0.2) is 0 Å². The van der Waals surface area contributed by atoms with Crippen molar-refractivity contribution in [2.45, 2.75) is 52.6 Å². The molecule has 140 valence electrons. The van der Waals surface area contributed by atoms with Crippen LogP contribution in [0.25, 0.3) is 0 Å². The van der Waals surface area contributed by atoms with Gasteiger partial charge in [-0.05, 0) is 64.2 Å². The molecule has 25 heavy (non-hydrogen) atoms. The monoisotopic (exact) mass is 413 g/mol. The third-order valence-corrected chi connectivity index (χ3v) is 4.51. The zero-order chi connectivity index (χ0) is 19.2. The lowest BCUT2D eigenvalue weighted by Gasteiger charge is -2.25. The summed E-state index contributed by atoms with van der Waals surface area (Å²) in [6.07, 6.45) is 1.19. The summed E-state index contributed by atoms with van der Waals surface area (Å²) >= 11 is 3.50. The molecule has 5 nitrogen and oxygen atoms in total. The number of amides is 1. The first-order valence-corrected chi connectivity index (χ1v) is 9.21. The Morgan fingerprint density at radius 1 is 1.32 bits per heavy atom. The predicted octanol–water partition coefficient (Wildman–Crippen LogP) is 4.65. The molecule has 1 amide bonds. The standard InChI is InChI=1S/C19H28BrNO4/c1-13-8-9-14(16(20)11-13)12-15(17(22)23)7-6-10-21(5)18(24)25-19(2,3)4/h8-9,11,15H,6-7,10,12H2,1-5H3,(H,22,23). The fraction of sp³-hybridized carbons (Fsp3) is 0.579.